The lowest BCUT2D eigenvalue weighted by atomic mass is 9.96. The molecular weight excluding hydrogens is 224 g/mol. The molecule has 0 aliphatic carbocycles. The van der Waals surface area contributed by atoms with E-state index in [-0.39, 0.29) is 6.61 Å². The molecule has 0 radical (unpaired) electrons. The number of hydrogen-bond donors (Lipinski definition) is 2. The monoisotopic (exact) mass is 256 g/mol. The maximum absolute atomic E-state index is 9.27. The van der Waals surface area contributed by atoms with E-state index in [2.05, 4.69) is 31.0 Å². The lowest BCUT2D eigenvalue weighted by Crippen LogP contribution is -2.47. The third kappa shape index (κ3) is 4.87. The van der Waals surface area contributed by atoms with Gasteiger partial charge in [-0.2, -0.15) is 0 Å². The van der Waals surface area contributed by atoms with E-state index in [0.717, 1.165) is 6.54 Å². The van der Waals surface area contributed by atoms with Gasteiger partial charge in [0.05, 0.1) is 6.61 Å². The van der Waals surface area contributed by atoms with Crippen molar-refractivity contribution in [1.82, 2.24) is 10.2 Å². The first-order valence-electron chi connectivity index (χ1n) is 7.82. The molecule has 2 N–H and O–H groups in total. The number of rotatable bonds is 8. The summed E-state index contributed by atoms with van der Waals surface area (Å²) >= 11 is 0. The average molecular weight is 256 g/mol. The Balaban J connectivity index is 2.48. The van der Waals surface area contributed by atoms with E-state index in [1.807, 2.05) is 0 Å². The fourth-order valence-corrected chi connectivity index (χ4v) is 3.31. The second-order valence-electron chi connectivity index (χ2n) is 5.66. The molecule has 0 aromatic rings. The number of nitrogens with zero attached hydrogens (tertiary/aromatic N) is 1. The lowest BCUT2D eigenvalue weighted by molar-refractivity contribution is 0.0920. The van der Waals surface area contributed by atoms with Gasteiger partial charge < -0.3 is 10.4 Å². The molecule has 0 aromatic carbocycles. The molecule has 0 amide bonds. The number of hydrogen-bond acceptors (Lipinski definition) is 3. The van der Waals surface area contributed by atoms with Crippen LogP contribution in [-0.2, 0) is 0 Å². The summed E-state index contributed by atoms with van der Waals surface area (Å²) in [7, 11) is 0. The molecule has 2 unspecified atom stereocenters. The van der Waals surface area contributed by atoms with Crippen molar-refractivity contribution in [2.45, 2.75) is 77.4 Å². The second kappa shape index (κ2) is 8.89. The minimum Gasteiger partial charge on any atom is -0.395 e. The van der Waals surface area contributed by atoms with Crippen LogP contribution >= 0.6 is 0 Å². The molecule has 1 saturated heterocycles. The zero-order valence-corrected chi connectivity index (χ0v) is 12.5. The van der Waals surface area contributed by atoms with E-state index in [1.54, 1.807) is 0 Å². The molecule has 0 spiro atoms. The van der Waals surface area contributed by atoms with Gasteiger partial charge in [-0.05, 0) is 45.6 Å². The molecule has 2 atom stereocenters. The van der Waals surface area contributed by atoms with Gasteiger partial charge in [0.2, 0.25) is 0 Å². The smallest absolute Gasteiger partial charge is 0.0558 e. The summed E-state index contributed by atoms with van der Waals surface area (Å²) in [6, 6.07) is 1.87. The zero-order chi connectivity index (χ0) is 13.4. The zero-order valence-electron chi connectivity index (χ0n) is 12.5. The van der Waals surface area contributed by atoms with Crippen LogP contribution in [-0.4, -0.2) is 47.8 Å². The van der Waals surface area contributed by atoms with Crippen LogP contribution in [0.3, 0.4) is 0 Å². The van der Waals surface area contributed by atoms with Crippen molar-refractivity contribution in [2.24, 2.45) is 0 Å². The number of aliphatic hydroxyl groups is 1. The van der Waals surface area contributed by atoms with Crippen molar-refractivity contribution in [3.63, 3.8) is 0 Å². The van der Waals surface area contributed by atoms with Crippen molar-refractivity contribution in [1.29, 1.82) is 0 Å². The van der Waals surface area contributed by atoms with Crippen molar-refractivity contribution >= 4 is 0 Å². The molecule has 1 rings (SSSR count). The Morgan fingerprint density at radius 3 is 2.50 bits per heavy atom. The Labute approximate surface area is 113 Å². The molecular formula is C15H32N2O. The highest BCUT2D eigenvalue weighted by atomic mass is 16.3. The van der Waals surface area contributed by atoms with E-state index in [1.165, 1.54) is 45.1 Å². The van der Waals surface area contributed by atoms with Gasteiger partial charge >= 0.3 is 0 Å². The first-order valence-corrected chi connectivity index (χ1v) is 7.82. The van der Waals surface area contributed by atoms with E-state index in [9.17, 15) is 5.11 Å². The summed E-state index contributed by atoms with van der Waals surface area (Å²) in [5.74, 6) is 0. The molecule has 0 saturated carbocycles. The molecule has 1 aliphatic heterocycles. The fraction of sp³-hybridized carbons (Fsp3) is 1.00. The largest absolute Gasteiger partial charge is 0.395 e. The highest BCUT2D eigenvalue weighted by Crippen LogP contribution is 2.19. The van der Waals surface area contributed by atoms with Gasteiger partial charge in [-0.15, -0.1) is 0 Å². The highest BCUT2D eigenvalue weighted by Gasteiger charge is 2.24. The summed E-state index contributed by atoms with van der Waals surface area (Å²) in [5.41, 5.74) is 0. The Kier molecular flexibility index (Phi) is 7.87. The second-order valence-corrected chi connectivity index (χ2v) is 5.66. The van der Waals surface area contributed by atoms with Crippen LogP contribution in [0.15, 0.2) is 0 Å². The standard InChI is InChI=1S/C15H32N2O/c1-4-15(5-2)17(10-11-18)13(3)12-14-8-6-7-9-16-14/h13-16,18H,4-12H2,1-3H3. The summed E-state index contributed by atoms with van der Waals surface area (Å²) < 4.78 is 0. The molecule has 3 heteroatoms. The van der Waals surface area contributed by atoms with E-state index < -0.39 is 0 Å². The van der Waals surface area contributed by atoms with Crippen LogP contribution in [0.5, 0.6) is 0 Å². The van der Waals surface area contributed by atoms with Crippen molar-refractivity contribution < 1.29 is 5.11 Å². The fourth-order valence-electron chi connectivity index (χ4n) is 3.31. The summed E-state index contributed by atoms with van der Waals surface area (Å²) in [4.78, 5) is 2.51. The first-order chi connectivity index (χ1) is 8.72. The molecule has 1 fully saturated rings. The summed E-state index contributed by atoms with van der Waals surface area (Å²) in [6.45, 7) is 9.11. The van der Waals surface area contributed by atoms with Crippen LogP contribution in [0.2, 0.25) is 0 Å². The van der Waals surface area contributed by atoms with Gasteiger partial charge in [-0.1, -0.05) is 20.3 Å². The predicted molar refractivity (Wildman–Crippen MR) is 77.9 cm³/mol. The Morgan fingerprint density at radius 2 is 2.00 bits per heavy atom. The first kappa shape index (κ1) is 15.9. The molecule has 0 bridgehead atoms. The maximum atomic E-state index is 9.27. The number of nitrogens with one attached hydrogen (secondary N) is 1. The van der Waals surface area contributed by atoms with E-state index >= 15 is 0 Å². The maximum Gasteiger partial charge on any atom is 0.0558 e. The van der Waals surface area contributed by atoms with Crippen LogP contribution in [0.1, 0.15) is 59.3 Å². The van der Waals surface area contributed by atoms with Crippen molar-refractivity contribution in [2.75, 3.05) is 19.7 Å². The lowest BCUT2D eigenvalue weighted by Gasteiger charge is -2.38. The van der Waals surface area contributed by atoms with E-state index in [0.29, 0.717) is 18.1 Å². The van der Waals surface area contributed by atoms with Crippen molar-refractivity contribution in [3.8, 4) is 0 Å². The van der Waals surface area contributed by atoms with E-state index in [4.69, 9.17) is 0 Å². The summed E-state index contributed by atoms with van der Waals surface area (Å²) in [5, 5.41) is 12.9. The molecule has 3 nitrogen and oxygen atoms in total. The predicted octanol–water partition coefficient (Wildman–Crippen LogP) is 2.39. The van der Waals surface area contributed by atoms with Gasteiger partial charge in [0.25, 0.3) is 0 Å². The van der Waals surface area contributed by atoms with Gasteiger partial charge in [0.15, 0.2) is 0 Å². The normalized spacial score (nSPS) is 22.7. The summed E-state index contributed by atoms with van der Waals surface area (Å²) in [6.07, 6.45) is 7.60. The number of aliphatic hydroxyl groups excluding tert-OH is 1. The minimum atomic E-state index is 0.277. The SMILES string of the molecule is CCC(CC)N(CCO)C(C)CC1CCCCN1. The topological polar surface area (TPSA) is 35.5 Å². The van der Waals surface area contributed by atoms with Crippen LogP contribution in [0.4, 0.5) is 0 Å². The molecule has 108 valence electrons. The Bertz CT molecular complexity index is 201. The molecule has 0 aromatic heterocycles. The molecule has 18 heavy (non-hydrogen) atoms. The van der Waals surface area contributed by atoms with Crippen molar-refractivity contribution in [3.05, 3.63) is 0 Å². The minimum absolute atomic E-state index is 0.277. The van der Waals surface area contributed by atoms with Crippen LogP contribution in [0.25, 0.3) is 0 Å². The Hall–Kier alpha value is -0.120. The molecule has 1 heterocycles. The van der Waals surface area contributed by atoms with Gasteiger partial charge in [0.1, 0.15) is 0 Å². The highest BCUT2D eigenvalue weighted by molar-refractivity contribution is 4.81. The third-order valence-corrected chi connectivity index (χ3v) is 4.37. The quantitative estimate of drug-likeness (QED) is 0.700. The van der Waals surface area contributed by atoms with Gasteiger partial charge in [-0.3, -0.25) is 4.90 Å². The van der Waals surface area contributed by atoms with Gasteiger partial charge in [0, 0.05) is 24.7 Å². The third-order valence-electron chi connectivity index (χ3n) is 4.37. The van der Waals surface area contributed by atoms with Crippen LogP contribution in [0, 0.1) is 0 Å². The number of piperidine rings is 1. The van der Waals surface area contributed by atoms with Gasteiger partial charge in [-0.25, -0.2) is 0 Å². The molecule has 1 aliphatic rings. The average Bonchev–Trinajstić information content (AvgIpc) is 2.40. The van der Waals surface area contributed by atoms with Crippen LogP contribution < -0.4 is 5.32 Å². The Morgan fingerprint density at radius 1 is 1.28 bits per heavy atom.